The molecule has 0 saturated heterocycles. The van der Waals surface area contributed by atoms with Crippen LogP contribution in [0.5, 0.6) is 0 Å². The third-order valence-electron chi connectivity index (χ3n) is 3.29. The smallest absolute Gasteiger partial charge is 0.123 e. The van der Waals surface area contributed by atoms with E-state index in [9.17, 15) is 4.39 Å². The van der Waals surface area contributed by atoms with Crippen molar-refractivity contribution in [3.63, 3.8) is 0 Å². The Bertz CT molecular complexity index is 380. The van der Waals surface area contributed by atoms with Crippen LogP contribution in [-0.2, 0) is 6.42 Å². The van der Waals surface area contributed by atoms with E-state index >= 15 is 0 Å². The molecule has 1 aliphatic carbocycles. The van der Waals surface area contributed by atoms with E-state index in [0.717, 1.165) is 12.0 Å². The van der Waals surface area contributed by atoms with Gasteiger partial charge in [0.15, 0.2) is 0 Å². The standard InChI is InChI=1S/C13H18FNO/c1-8-5-10-3-4-11(14)6-12(10)13(8)15-9(2)7-16/h3-4,6,8-9,13,15-16H,5,7H2,1-2H3. The van der Waals surface area contributed by atoms with Crippen molar-refractivity contribution in [3.8, 4) is 0 Å². The molecule has 0 heterocycles. The van der Waals surface area contributed by atoms with Crippen LogP contribution in [-0.4, -0.2) is 17.8 Å². The van der Waals surface area contributed by atoms with Gasteiger partial charge in [-0.1, -0.05) is 13.0 Å². The van der Waals surface area contributed by atoms with E-state index < -0.39 is 0 Å². The number of fused-ring (bicyclic) bond motifs is 1. The van der Waals surface area contributed by atoms with Crippen molar-refractivity contribution in [2.24, 2.45) is 5.92 Å². The van der Waals surface area contributed by atoms with E-state index in [0.29, 0.717) is 5.92 Å². The first-order valence-electron chi connectivity index (χ1n) is 5.77. The second-order valence-electron chi connectivity index (χ2n) is 4.75. The SMILES string of the molecule is CC(CO)NC1c2cc(F)ccc2CC1C. The normalized spacial score (nSPS) is 25.5. The Morgan fingerprint density at radius 2 is 2.31 bits per heavy atom. The molecule has 0 amide bonds. The summed E-state index contributed by atoms with van der Waals surface area (Å²) >= 11 is 0. The molecule has 1 aromatic rings. The van der Waals surface area contributed by atoms with Crippen LogP contribution in [0.3, 0.4) is 0 Å². The first-order chi connectivity index (χ1) is 7.61. The Morgan fingerprint density at radius 1 is 1.56 bits per heavy atom. The number of rotatable bonds is 3. The second kappa shape index (κ2) is 4.52. The van der Waals surface area contributed by atoms with Gasteiger partial charge in [0.25, 0.3) is 0 Å². The quantitative estimate of drug-likeness (QED) is 0.821. The summed E-state index contributed by atoms with van der Waals surface area (Å²) in [6.07, 6.45) is 0.978. The number of halogens is 1. The third-order valence-corrected chi connectivity index (χ3v) is 3.29. The second-order valence-corrected chi connectivity index (χ2v) is 4.75. The summed E-state index contributed by atoms with van der Waals surface area (Å²) in [5.41, 5.74) is 2.27. The first-order valence-corrected chi connectivity index (χ1v) is 5.77. The summed E-state index contributed by atoms with van der Waals surface area (Å²) in [5.74, 6) is 0.266. The number of benzene rings is 1. The Kier molecular flexibility index (Phi) is 3.26. The first kappa shape index (κ1) is 11.6. The van der Waals surface area contributed by atoms with Crippen molar-refractivity contribution in [1.82, 2.24) is 5.32 Å². The maximum absolute atomic E-state index is 13.2. The molecule has 88 valence electrons. The molecule has 1 aromatic carbocycles. The van der Waals surface area contributed by atoms with Crippen molar-refractivity contribution in [1.29, 1.82) is 0 Å². The Labute approximate surface area is 95.5 Å². The molecule has 0 aromatic heterocycles. The van der Waals surface area contributed by atoms with Gasteiger partial charge in [-0.2, -0.15) is 0 Å². The van der Waals surface area contributed by atoms with Crippen LogP contribution < -0.4 is 5.32 Å². The molecule has 3 heteroatoms. The zero-order valence-corrected chi connectivity index (χ0v) is 9.70. The largest absolute Gasteiger partial charge is 0.395 e. The summed E-state index contributed by atoms with van der Waals surface area (Å²) in [6, 6.07) is 5.20. The van der Waals surface area contributed by atoms with Crippen LogP contribution in [0.15, 0.2) is 18.2 Å². The van der Waals surface area contributed by atoms with Crippen LogP contribution in [0.2, 0.25) is 0 Å². The van der Waals surface area contributed by atoms with Gasteiger partial charge in [0.1, 0.15) is 5.82 Å². The number of aliphatic hydroxyl groups excluding tert-OH is 1. The Morgan fingerprint density at radius 3 is 3.00 bits per heavy atom. The van der Waals surface area contributed by atoms with Gasteiger partial charge in [0.05, 0.1) is 6.61 Å². The molecule has 1 aliphatic rings. The van der Waals surface area contributed by atoms with E-state index in [-0.39, 0.29) is 24.5 Å². The average Bonchev–Trinajstić information content (AvgIpc) is 2.55. The highest BCUT2D eigenvalue weighted by Gasteiger charge is 2.30. The highest BCUT2D eigenvalue weighted by atomic mass is 19.1. The highest BCUT2D eigenvalue weighted by molar-refractivity contribution is 5.36. The van der Waals surface area contributed by atoms with Crippen LogP contribution >= 0.6 is 0 Å². The lowest BCUT2D eigenvalue weighted by Crippen LogP contribution is -2.34. The maximum atomic E-state index is 13.2. The fourth-order valence-corrected chi connectivity index (χ4v) is 2.43. The van der Waals surface area contributed by atoms with Crippen LogP contribution in [0.4, 0.5) is 4.39 Å². The zero-order chi connectivity index (χ0) is 11.7. The molecule has 2 N–H and O–H groups in total. The predicted molar refractivity (Wildman–Crippen MR) is 61.7 cm³/mol. The number of hydrogen-bond acceptors (Lipinski definition) is 2. The number of hydrogen-bond donors (Lipinski definition) is 2. The van der Waals surface area contributed by atoms with E-state index in [1.165, 1.54) is 11.6 Å². The van der Waals surface area contributed by atoms with Gasteiger partial charge in [-0.25, -0.2) is 4.39 Å². The molecule has 0 saturated carbocycles. The van der Waals surface area contributed by atoms with Gasteiger partial charge in [-0.3, -0.25) is 0 Å². The van der Waals surface area contributed by atoms with E-state index in [1.54, 1.807) is 6.07 Å². The van der Waals surface area contributed by atoms with Gasteiger partial charge >= 0.3 is 0 Å². The fraction of sp³-hybridized carbons (Fsp3) is 0.538. The minimum atomic E-state index is -0.184. The average molecular weight is 223 g/mol. The van der Waals surface area contributed by atoms with Gasteiger partial charge in [0.2, 0.25) is 0 Å². The minimum Gasteiger partial charge on any atom is -0.395 e. The summed E-state index contributed by atoms with van der Waals surface area (Å²) in [7, 11) is 0. The lowest BCUT2D eigenvalue weighted by atomic mass is 10.0. The third kappa shape index (κ3) is 2.11. The fourth-order valence-electron chi connectivity index (χ4n) is 2.43. The summed E-state index contributed by atoms with van der Waals surface area (Å²) in [5, 5.41) is 12.4. The molecule has 2 nitrogen and oxygen atoms in total. The lowest BCUT2D eigenvalue weighted by molar-refractivity contribution is 0.231. The zero-order valence-electron chi connectivity index (χ0n) is 9.70. The topological polar surface area (TPSA) is 32.3 Å². The van der Waals surface area contributed by atoms with Crippen LogP contribution in [0.1, 0.15) is 31.0 Å². The molecule has 0 fully saturated rings. The van der Waals surface area contributed by atoms with Crippen LogP contribution in [0, 0.1) is 11.7 Å². The molecule has 3 atom stereocenters. The van der Waals surface area contributed by atoms with Crippen molar-refractivity contribution >= 4 is 0 Å². The van der Waals surface area contributed by atoms with Crippen molar-refractivity contribution in [3.05, 3.63) is 35.1 Å². The molecule has 3 unspecified atom stereocenters. The maximum Gasteiger partial charge on any atom is 0.123 e. The molecule has 0 bridgehead atoms. The van der Waals surface area contributed by atoms with E-state index in [2.05, 4.69) is 12.2 Å². The van der Waals surface area contributed by atoms with Gasteiger partial charge < -0.3 is 10.4 Å². The number of aliphatic hydroxyl groups is 1. The molecule has 16 heavy (non-hydrogen) atoms. The van der Waals surface area contributed by atoms with Gasteiger partial charge in [-0.05, 0) is 42.5 Å². The lowest BCUT2D eigenvalue weighted by Gasteiger charge is -2.22. The van der Waals surface area contributed by atoms with Crippen molar-refractivity contribution < 1.29 is 9.50 Å². The van der Waals surface area contributed by atoms with Crippen LogP contribution in [0.25, 0.3) is 0 Å². The molecular formula is C13H18FNO. The van der Waals surface area contributed by atoms with Gasteiger partial charge in [0, 0.05) is 12.1 Å². The molecule has 2 rings (SSSR count). The molecule has 0 spiro atoms. The molecule has 0 radical (unpaired) electrons. The summed E-state index contributed by atoms with van der Waals surface area (Å²) in [4.78, 5) is 0. The van der Waals surface area contributed by atoms with Crippen molar-refractivity contribution in [2.75, 3.05) is 6.61 Å². The Balaban J connectivity index is 2.24. The molecular weight excluding hydrogens is 205 g/mol. The highest BCUT2D eigenvalue weighted by Crippen LogP contribution is 2.36. The van der Waals surface area contributed by atoms with Crippen molar-refractivity contribution in [2.45, 2.75) is 32.4 Å². The Hall–Kier alpha value is -0.930. The van der Waals surface area contributed by atoms with E-state index in [4.69, 9.17) is 5.11 Å². The minimum absolute atomic E-state index is 0.0432. The summed E-state index contributed by atoms with van der Waals surface area (Å²) < 4.78 is 13.2. The number of nitrogens with one attached hydrogen (secondary N) is 1. The van der Waals surface area contributed by atoms with E-state index in [1.807, 2.05) is 13.0 Å². The monoisotopic (exact) mass is 223 g/mol. The summed E-state index contributed by atoms with van der Waals surface area (Å²) in [6.45, 7) is 4.19. The predicted octanol–water partition coefficient (Wildman–Crippen LogP) is 2.03. The molecule has 0 aliphatic heterocycles. The van der Waals surface area contributed by atoms with Gasteiger partial charge in [-0.15, -0.1) is 0 Å².